The van der Waals surface area contributed by atoms with E-state index < -0.39 is 0 Å². The van der Waals surface area contributed by atoms with E-state index in [1.165, 1.54) is 57.8 Å². The predicted octanol–water partition coefficient (Wildman–Crippen LogP) is 4.38. The molecule has 1 atom stereocenters. The SMILES string of the molecule is CC(CCC1CCCCC1)C(=O)COCCOCC(=O)N(C)C1CCCCC1. The van der Waals surface area contributed by atoms with Crippen molar-refractivity contribution in [1.29, 1.82) is 0 Å². The van der Waals surface area contributed by atoms with E-state index in [0.717, 1.165) is 25.2 Å². The highest BCUT2D eigenvalue weighted by Gasteiger charge is 2.22. The summed E-state index contributed by atoms with van der Waals surface area (Å²) in [6, 6.07) is 0.369. The molecule has 0 spiro atoms. The van der Waals surface area contributed by atoms with Gasteiger partial charge in [0.1, 0.15) is 13.2 Å². The van der Waals surface area contributed by atoms with Gasteiger partial charge in [-0.3, -0.25) is 9.59 Å². The van der Waals surface area contributed by atoms with Crippen molar-refractivity contribution in [3.8, 4) is 0 Å². The lowest BCUT2D eigenvalue weighted by Gasteiger charge is -2.31. The molecule has 28 heavy (non-hydrogen) atoms. The maximum absolute atomic E-state index is 12.2. The van der Waals surface area contributed by atoms with Crippen molar-refractivity contribution in [2.24, 2.45) is 11.8 Å². The molecule has 1 unspecified atom stereocenters. The number of amides is 1. The highest BCUT2D eigenvalue weighted by atomic mass is 16.5. The Morgan fingerprint density at radius 1 is 0.893 bits per heavy atom. The Balaban J connectivity index is 1.47. The summed E-state index contributed by atoms with van der Waals surface area (Å²) >= 11 is 0. The van der Waals surface area contributed by atoms with Crippen LogP contribution in [0.15, 0.2) is 0 Å². The van der Waals surface area contributed by atoms with E-state index in [9.17, 15) is 9.59 Å². The Bertz CT molecular complexity index is 456. The minimum absolute atomic E-state index is 0.0410. The third-order valence-corrected chi connectivity index (χ3v) is 6.64. The lowest BCUT2D eigenvalue weighted by atomic mass is 9.84. The summed E-state index contributed by atoms with van der Waals surface area (Å²) in [5.41, 5.74) is 0. The minimum Gasteiger partial charge on any atom is -0.371 e. The number of hydrogen-bond acceptors (Lipinski definition) is 4. The van der Waals surface area contributed by atoms with Crippen molar-refractivity contribution < 1.29 is 19.1 Å². The number of ketones is 1. The molecule has 0 saturated heterocycles. The lowest BCUT2D eigenvalue weighted by molar-refractivity contribution is -0.138. The fraction of sp³-hybridized carbons (Fsp3) is 0.913. The molecule has 0 aliphatic heterocycles. The molecule has 2 aliphatic rings. The van der Waals surface area contributed by atoms with Crippen LogP contribution in [0.4, 0.5) is 0 Å². The Hall–Kier alpha value is -0.940. The molecule has 1 amide bonds. The molecule has 2 saturated carbocycles. The Morgan fingerprint density at radius 3 is 2.11 bits per heavy atom. The number of rotatable bonds is 12. The van der Waals surface area contributed by atoms with Crippen LogP contribution in [-0.2, 0) is 19.1 Å². The van der Waals surface area contributed by atoms with Crippen LogP contribution in [0.2, 0.25) is 0 Å². The largest absolute Gasteiger partial charge is 0.371 e. The first-order valence-electron chi connectivity index (χ1n) is 11.5. The molecule has 0 aromatic rings. The van der Waals surface area contributed by atoms with Gasteiger partial charge in [-0.15, -0.1) is 0 Å². The molecule has 0 N–H and O–H groups in total. The Labute approximate surface area is 171 Å². The molecule has 0 heterocycles. The van der Waals surface area contributed by atoms with E-state index in [4.69, 9.17) is 9.47 Å². The molecule has 0 radical (unpaired) electrons. The van der Waals surface area contributed by atoms with Crippen LogP contribution >= 0.6 is 0 Å². The van der Waals surface area contributed by atoms with Gasteiger partial charge >= 0.3 is 0 Å². The monoisotopic (exact) mass is 395 g/mol. The van der Waals surface area contributed by atoms with E-state index in [1.807, 2.05) is 18.9 Å². The fourth-order valence-corrected chi connectivity index (χ4v) is 4.49. The van der Waals surface area contributed by atoms with E-state index in [-0.39, 0.29) is 30.8 Å². The van der Waals surface area contributed by atoms with Crippen molar-refractivity contribution >= 4 is 11.7 Å². The second-order valence-electron chi connectivity index (χ2n) is 8.85. The van der Waals surface area contributed by atoms with Gasteiger partial charge < -0.3 is 14.4 Å². The van der Waals surface area contributed by atoms with Gasteiger partial charge in [0.25, 0.3) is 0 Å². The summed E-state index contributed by atoms with van der Waals surface area (Å²) < 4.78 is 10.9. The van der Waals surface area contributed by atoms with Crippen LogP contribution in [0, 0.1) is 11.8 Å². The normalized spacial score (nSPS) is 20.1. The molecule has 0 bridgehead atoms. The maximum atomic E-state index is 12.2. The standard InChI is InChI=1S/C23H41NO4/c1-19(13-14-20-9-5-3-6-10-20)22(25)17-27-15-16-28-18-23(26)24(2)21-11-7-4-8-12-21/h19-21H,3-18H2,1-2H3. The smallest absolute Gasteiger partial charge is 0.248 e. The van der Waals surface area contributed by atoms with Crippen LogP contribution in [0.3, 0.4) is 0 Å². The third-order valence-electron chi connectivity index (χ3n) is 6.64. The van der Waals surface area contributed by atoms with Crippen molar-refractivity contribution in [3.63, 3.8) is 0 Å². The average molecular weight is 396 g/mol. The Morgan fingerprint density at radius 2 is 1.46 bits per heavy atom. The van der Waals surface area contributed by atoms with Crippen molar-refractivity contribution in [2.75, 3.05) is 33.5 Å². The number of nitrogens with zero attached hydrogens (tertiary/aromatic N) is 1. The zero-order chi connectivity index (χ0) is 20.2. The zero-order valence-electron chi connectivity index (χ0n) is 18.1. The predicted molar refractivity (Wildman–Crippen MR) is 111 cm³/mol. The van der Waals surface area contributed by atoms with Crippen molar-refractivity contribution in [3.05, 3.63) is 0 Å². The first-order valence-corrected chi connectivity index (χ1v) is 11.5. The van der Waals surface area contributed by atoms with Crippen LogP contribution < -0.4 is 0 Å². The van der Waals surface area contributed by atoms with Crippen LogP contribution in [-0.4, -0.2) is 56.1 Å². The first kappa shape index (κ1) is 23.3. The van der Waals surface area contributed by atoms with E-state index >= 15 is 0 Å². The number of hydrogen-bond donors (Lipinski definition) is 0. The van der Waals surface area contributed by atoms with Crippen LogP contribution in [0.5, 0.6) is 0 Å². The van der Waals surface area contributed by atoms with Gasteiger partial charge in [0.2, 0.25) is 5.91 Å². The summed E-state index contributed by atoms with van der Waals surface area (Å²) in [5, 5.41) is 0. The van der Waals surface area contributed by atoms with Gasteiger partial charge in [0.15, 0.2) is 5.78 Å². The van der Waals surface area contributed by atoms with Crippen molar-refractivity contribution in [1.82, 2.24) is 4.90 Å². The van der Waals surface area contributed by atoms with Gasteiger partial charge in [0, 0.05) is 19.0 Å². The lowest BCUT2D eigenvalue weighted by Crippen LogP contribution is -2.40. The molecular weight excluding hydrogens is 354 g/mol. The number of likely N-dealkylation sites (N-methyl/N-ethyl adjacent to an activating group) is 1. The highest BCUT2D eigenvalue weighted by Crippen LogP contribution is 2.28. The average Bonchev–Trinajstić information content (AvgIpc) is 2.74. The van der Waals surface area contributed by atoms with Crippen LogP contribution in [0.25, 0.3) is 0 Å². The van der Waals surface area contributed by atoms with Gasteiger partial charge in [-0.05, 0) is 31.6 Å². The van der Waals surface area contributed by atoms with E-state index in [0.29, 0.717) is 19.3 Å². The van der Waals surface area contributed by atoms with Gasteiger partial charge in [-0.1, -0.05) is 58.3 Å². The molecule has 2 aliphatic carbocycles. The van der Waals surface area contributed by atoms with Gasteiger partial charge in [0.05, 0.1) is 13.2 Å². The molecule has 162 valence electrons. The summed E-state index contributed by atoms with van der Waals surface area (Å²) in [4.78, 5) is 26.2. The van der Waals surface area contributed by atoms with Gasteiger partial charge in [-0.2, -0.15) is 0 Å². The quantitative estimate of drug-likeness (QED) is 0.460. The second kappa shape index (κ2) is 13.3. The summed E-state index contributed by atoms with van der Waals surface area (Å²) in [6.45, 7) is 2.99. The summed E-state index contributed by atoms with van der Waals surface area (Å²) in [5.74, 6) is 1.12. The number of ether oxygens (including phenoxy) is 2. The molecule has 0 aromatic carbocycles. The molecule has 2 fully saturated rings. The summed E-state index contributed by atoms with van der Waals surface area (Å²) in [6.07, 6.45) is 14.8. The third kappa shape index (κ3) is 8.60. The zero-order valence-corrected chi connectivity index (χ0v) is 18.1. The van der Waals surface area contributed by atoms with E-state index in [2.05, 4.69) is 0 Å². The number of carbonyl (C=O) groups is 2. The summed E-state index contributed by atoms with van der Waals surface area (Å²) in [7, 11) is 1.88. The fourth-order valence-electron chi connectivity index (χ4n) is 4.49. The Kier molecular flexibility index (Phi) is 11.1. The van der Waals surface area contributed by atoms with Crippen molar-refractivity contribution in [2.45, 2.75) is 90.0 Å². The van der Waals surface area contributed by atoms with Crippen LogP contribution in [0.1, 0.15) is 84.0 Å². The number of carbonyl (C=O) groups excluding carboxylic acids is 2. The second-order valence-corrected chi connectivity index (χ2v) is 8.85. The number of Topliss-reactive ketones (excluding diaryl/α,β-unsaturated/α-hetero) is 1. The topological polar surface area (TPSA) is 55.8 Å². The first-order chi connectivity index (χ1) is 13.6. The van der Waals surface area contributed by atoms with E-state index in [1.54, 1.807) is 0 Å². The molecular formula is C23H41NO4. The molecule has 5 heteroatoms. The van der Waals surface area contributed by atoms with Gasteiger partial charge in [-0.25, -0.2) is 0 Å². The highest BCUT2D eigenvalue weighted by molar-refractivity contribution is 5.81. The molecule has 0 aromatic heterocycles. The molecule has 5 nitrogen and oxygen atoms in total. The maximum Gasteiger partial charge on any atom is 0.248 e. The molecule has 2 rings (SSSR count). The minimum atomic E-state index is 0.0410.